The van der Waals surface area contributed by atoms with Crippen molar-refractivity contribution in [2.45, 2.75) is 19.8 Å². The number of likely N-dealkylation sites (N-methyl/N-ethyl adjacent to an activating group) is 1. The van der Waals surface area contributed by atoms with Crippen LogP contribution in [0, 0.1) is 6.92 Å². The normalized spacial score (nSPS) is 15.4. The molecule has 0 aliphatic carbocycles. The number of anilines is 1. The van der Waals surface area contributed by atoms with E-state index >= 15 is 0 Å². The van der Waals surface area contributed by atoms with Crippen molar-refractivity contribution in [1.82, 2.24) is 15.1 Å². The van der Waals surface area contributed by atoms with Crippen molar-refractivity contribution < 1.29 is 4.79 Å². The fourth-order valence-corrected chi connectivity index (χ4v) is 1.92. The van der Waals surface area contributed by atoms with Gasteiger partial charge in [-0.25, -0.2) is 0 Å². The van der Waals surface area contributed by atoms with Gasteiger partial charge >= 0.3 is 0 Å². The maximum Gasteiger partial charge on any atom is 0.222 e. The van der Waals surface area contributed by atoms with Crippen molar-refractivity contribution in [3.8, 4) is 0 Å². The van der Waals surface area contributed by atoms with Crippen LogP contribution in [0.4, 0.5) is 5.82 Å². The second-order valence-corrected chi connectivity index (χ2v) is 4.44. The Morgan fingerprint density at radius 3 is 2.82 bits per heavy atom. The van der Waals surface area contributed by atoms with Gasteiger partial charge in [0.25, 0.3) is 0 Å². The topological polar surface area (TPSA) is 49.3 Å². The lowest BCUT2D eigenvalue weighted by Gasteiger charge is -2.22. The van der Waals surface area contributed by atoms with Crippen molar-refractivity contribution in [3.05, 3.63) is 17.8 Å². The van der Waals surface area contributed by atoms with Crippen LogP contribution in [0.3, 0.4) is 0 Å². The summed E-state index contributed by atoms with van der Waals surface area (Å²) in [6.45, 7) is 4.38. The molecule has 5 heteroatoms. The van der Waals surface area contributed by atoms with Crippen LogP contribution in [0.25, 0.3) is 0 Å². The molecule has 2 rings (SSSR count). The average molecular weight is 234 g/mol. The molecule has 92 valence electrons. The predicted molar refractivity (Wildman–Crippen MR) is 65.9 cm³/mol. The van der Waals surface area contributed by atoms with Gasteiger partial charge in [0.15, 0.2) is 5.82 Å². The third kappa shape index (κ3) is 2.93. The summed E-state index contributed by atoms with van der Waals surface area (Å²) in [4.78, 5) is 15.4. The van der Waals surface area contributed by atoms with E-state index in [0.29, 0.717) is 6.42 Å². The Kier molecular flexibility index (Phi) is 3.56. The number of hydrogen-bond acceptors (Lipinski definition) is 4. The minimum Gasteiger partial charge on any atom is -0.356 e. The van der Waals surface area contributed by atoms with E-state index in [1.807, 2.05) is 35.9 Å². The Hall–Kier alpha value is -1.65. The Labute approximate surface area is 101 Å². The van der Waals surface area contributed by atoms with E-state index in [1.165, 1.54) is 0 Å². The van der Waals surface area contributed by atoms with Crippen LogP contribution in [-0.2, 0) is 4.79 Å². The average Bonchev–Trinajstić information content (AvgIpc) is 2.73. The second-order valence-electron chi connectivity index (χ2n) is 4.44. The molecule has 0 unspecified atom stereocenters. The summed E-state index contributed by atoms with van der Waals surface area (Å²) in [7, 11) is 1.97. The minimum absolute atomic E-state index is 0.272. The monoisotopic (exact) mass is 234 g/mol. The van der Waals surface area contributed by atoms with E-state index in [2.05, 4.69) is 10.2 Å². The summed E-state index contributed by atoms with van der Waals surface area (Å²) in [5.74, 6) is 1.12. The number of rotatable bonds is 4. The number of carbonyl (C=O) groups excluding carboxylic acids is 1. The molecule has 0 radical (unpaired) electrons. The zero-order chi connectivity index (χ0) is 12.3. The van der Waals surface area contributed by atoms with Crippen LogP contribution in [0.15, 0.2) is 12.1 Å². The summed E-state index contributed by atoms with van der Waals surface area (Å²) in [6, 6.07) is 3.90. The third-order valence-electron chi connectivity index (χ3n) is 3.05. The van der Waals surface area contributed by atoms with Crippen LogP contribution in [-0.4, -0.2) is 47.7 Å². The molecule has 5 nitrogen and oxygen atoms in total. The molecule has 1 aromatic rings. The van der Waals surface area contributed by atoms with Gasteiger partial charge in [-0.1, -0.05) is 0 Å². The number of hydrogen-bond donors (Lipinski definition) is 0. The summed E-state index contributed by atoms with van der Waals surface area (Å²) in [5, 5.41) is 8.14. The lowest BCUT2D eigenvalue weighted by atomic mass is 10.4. The summed E-state index contributed by atoms with van der Waals surface area (Å²) in [6.07, 6.45) is 1.70. The van der Waals surface area contributed by atoms with Crippen LogP contribution in [0.5, 0.6) is 0 Å². The zero-order valence-electron chi connectivity index (χ0n) is 10.4. The number of aryl methyl sites for hydroxylation is 1. The van der Waals surface area contributed by atoms with Crippen molar-refractivity contribution >= 4 is 11.7 Å². The number of nitrogens with zero attached hydrogens (tertiary/aromatic N) is 4. The lowest BCUT2D eigenvalue weighted by Crippen LogP contribution is -2.34. The molecule has 0 aromatic carbocycles. The van der Waals surface area contributed by atoms with Crippen molar-refractivity contribution in [2.24, 2.45) is 0 Å². The Bertz CT molecular complexity index is 390. The fraction of sp³-hybridized carbons (Fsp3) is 0.583. The highest BCUT2D eigenvalue weighted by molar-refractivity contribution is 5.78. The molecule has 0 bridgehead atoms. The number of likely N-dealkylation sites (tertiary alicyclic amines) is 1. The molecule has 1 saturated heterocycles. The predicted octanol–water partition coefficient (Wildman–Crippen LogP) is 0.844. The molecular formula is C12H18N4O. The van der Waals surface area contributed by atoms with E-state index in [4.69, 9.17) is 0 Å². The largest absolute Gasteiger partial charge is 0.356 e. The molecule has 1 aliphatic rings. The first-order chi connectivity index (χ1) is 8.16. The maximum atomic E-state index is 11.4. The van der Waals surface area contributed by atoms with Gasteiger partial charge in [0.1, 0.15) is 0 Å². The Balaban J connectivity index is 1.86. The molecule has 0 saturated carbocycles. The first kappa shape index (κ1) is 11.8. The first-order valence-corrected chi connectivity index (χ1v) is 5.96. The van der Waals surface area contributed by atoms with Gasteiger partial charge in [0.2, 0.25) is 5.91 Å². The molecule has 0 atom stereocenters. The number of aromatic nitrogens is 2. The lowest BCUT2D eigenvalue weighted by molar-refractivity contribution is -0.127. The van der Waals surface area contributed by atoms with E-state index in [9.17, 15) is 4.79 Å². The van der Waals surface area contributed by atoms with Gasteiger partial charge in [-0.2, -0.15) is 5.10 Å². The van der Waals surface area contributed by atoms with Crippen LogP contribution in [0.1, 0.15) is 18.5 Å². The third-order valence-corrected chi connectivity index (χ3v) is 3.05. The molecular weight excluding hydrogens is 216 g/mol. The molecule has 2 heterocycles. The quantitative estimate of drug-likeness (QED) is 0.774. The van der Waals surface area contributed by atoms with Gasteiger partial charge in [0, 0.05) is 33.1 Å². The van der Waals surface area contributed by atoms with Gasteiger partial charge in [-0.15, -0.1) is 5.10 Å². The molecule has 17 heavy (non-hydrogen) atoms. The molecule has 0 spiro atoms. The summed E-state index contributed by atoms with van der Waals surface area (Å²) >= 11 is 0. The molecule has 1 fully saturated rings. The fourth-order valence-electron chi connectivity index (χ4n) is 1.92. The van der Waals surface area contributed by atoms with Crippen molar-refractivity contribution in [3.63, 3.8) is 0 Å². The number of amides is 1. The standard InChI is InChI=1S/C12H18N4O/c1-10-5-6-11(14-13-10)15(2)8-9-16-7-3-4-12(16)17/h5-6H,3-4,7-9H2,1-2H3. The minimum atomic E-state index is 0.272. The smallest absolute Gasteiger partial charge is 0.222 e. The number of carbonyl (C=O) groups is 1. The second kappa shape index (κ2) is 5.12. The highest BCUT2D eigenvalue weighted by Gasteiger charge is 2.19. The highest BCUT2D eigenvalue weighted by atomic mass is 16.2. The summed E-state index contributed by atoms with van der Waals surface area (Å²) in [5.41, 5.74) is 0.914. The van der Waals surface area contributed by atoms with Crippen molar-refractivity contribution in [1.29, 1.82) is 0 Å². The molecule has 1 amide bonds. The first-order valence-electron chi connectivity index (χ1n) is 5.96. The van der Waals surface area contributed by atoms with Crippen LogP contribution >= 0.6 is 0 Å². The van der Waals surface area contributed by atoms with Gasteiger partial charge < -0.3 is 9.80 Å². The Morgan fingerprint density at radius 1 is 1.41 bits per heavy atom. The van der Waals surface area contributed by atoms with Gasteiger partial charge in [-0.3, -0.25) is 4.79 Å². The Morgan fingerprint density at radius 2 is 2.24 bits per heavy atom. The van der Waals surface area contributed by atoms with E-state index in [0.717, 1.165) is 37.6 Å². The molecule has 1 aromatic heterocycles. The zero-order valence-corrected chi connectivity index (χ0v) is 10.4. The van der Waals surface area contributed by atoms with E-state index in [1.54, 1.807) is 0 Å². The van der Waals surface area contributed by atoms with Crippen LogP contribution in [0.2, 0.25) is 0 Å². The molecule has 1 aliphatic heterocycles. The summed E-state index contributed by atoms with van der Waals surface area (Å²) < 4.78 is 0. The molecule has 0 N–H and O–H groups in total. The van der Waals surface area contributed by atoms with Gasteiger partial charge in [-0.05, 0) is 25.5 Å². The maximum absolute atomic E-state index is 11.4. The van der Waals surface area contributed by atoms with Crippen molar-refractivity contribution in [2.75, 3.05) is 31.6 Å². The van der Waals surface area contributed by atoms with E-state index < -0.39 is 0 Å². The highest BCUT2D eigenvalue weighted by Crippen LogP contribution is 2.11. The van der Waals surface area contributed by atoms with E-state index in [-0.39, 0.29) is 5.91 Å². The van der Waals surface area contributed by atoms with Crippen LogP contribution < -0.4 is 4.90 Å². The SMILES string of the molecule is Cc1ccc(N(C)CCN2CCCC2=O)nn1. The van der Waals surface area contributed by atoms with Gasteiger partial charge in [0.05, 0.1) is 5.69 Å².